The van der Waals surface area contributed by atoms with Gasteiger partial charge in [0.1, 0.15) is 5.82 Å². The predicted molar refractivity (Wildman–Crippen MR) is 105 cm³/mol. The van der Waals surface area contributed by atoms with Crippen LogP contribution in [0, 0.1) is 0 Å². The molecule has 0 saturated carbocycles. The lowest BCUT2D eigenvalue weighted by Crippen LogP contribution is -2.37. The van der Waals surface area contributed by atoms with E-state index in [4.69, 9.17) is 0 Å². The van der Waals surface area contributed by atoms with Crippen molar-refractivity contribution < 1.29 is 4.79 Å². The zero-order valence-corrected chi connectivity index (χ0v) is 15.3. The molecule has 6 heteroatoms. The maximum atomic E-state index is 13.1. The second kappa shape index (κ2) is 6.80. The molecule has 0 spiro atoms. The van der Waals surface area contributed by atoms with Crippen molar-refractivity contribution in [2.45, 2.75) is 19.9 Å². The molecule has 0 saturated heterocycles. The van der Waals surface area contributed by atoms with Crippen LogP contribution < -0.4 is 5.32 Å². The molecule has 2 aromatic rings. The van der Waals surface area contributed by atoms with E-state index >= 15 is 0 Å². The van der Waals surface area contributed by atoms with Crippen LogP contribution in [0.15, 0.2) is 82.1 Å². The van der Waals surface area contributed by atoms with E-state index in [1.807, 2.05) is 56.3 Å². The van der Waals surface area contributed by atoms with E-state index in [-0.39, 0.29) is 11.9 Å². The quantitative estimate of drug-likeness (QED) is 0.884. The van der Waals surface area contributed by atoms with Gasteiger partial charge in [0.25, 0.3) is 5.91 Å². The Bertz CT molecular complexity index is 935. The topological polar surface area (TPSA) is 57.6 Å². The number of fused-ring (bicyclic) bond motifs is 1. The third-order valence-electron chi connectivity index (χ3n) is 4.37. The molecule has 0 radical (unpaired) electrons. The number of hydrogen-bond donors (Lipinski definition) is 1. The molecule has 3 heterocycles. The zero-order chi connectivity index (χ0) is 18.1. The Labute approximate surface area is 156 Å². The van der Waals surface area contributed by atoms with Gasteiger partial charge in [0.15, 0.2) is 5.17 Å². The minimum Gasteiger partial charge on any atom is -0.312 e. The van der Waals surface area contributed by atoms with Gasteiger partial charge in [-0.1, -0.05) is 48.2 Å². The number of pyridine rings is 1. The van der Waals surface area contributed by atoms with Crippen molar-refractivity contribution in [3.8, 4) is 0 Å². The van der Waals surface area contributed by atoms with E-state index in [0.29, 0.717) is 11.4 Å². The largest absolute Gasteiger partial charge is 0.312 e. The van der Waals surface area contributed by atoms with Gasteiger partial charge in [-0.05, 0) is 37.0 Å². The highest BCUT2D eigenvalue weighted by atomic mass is 32.2. The van der Waals surface area contributed by atoms with Crippen molar-refractivity contribution in [2.24, 2.45) is 4.99 Å². The first-order valence-corrected chi connectivity index (χ1v) is 9.22. The monoisotopic (exact) mass is 362 g/mol. The number of amidine groups is 1. The summed E-state index contributed by atoms with van der Waals surface area (Å²) >= 11 is 1.59. The number of carbonyl (C=O) groups excluding carboxylic acids is 1. The molecule has 1 amide bonds. The number of allylic oxidation sites excluding steroid dienone is 2. The number of aliphatic imine (C=N–C) groups is 1. The maximum Gasteiger partial charge on any atom is 0.257 e. The van der Waals surface area contributed by atoms with Gasteiger partial charge in [-0.3, -0.25) is 4.79 Å². The summed E-state index contributed by atoms with van der Waals surface area (Å²) in [4.78, 5) is 24.1. The lowest BCUT2D eigenvalue weighted by Gasteiger charge is -2.35. The fourth-order valence-corrected chi connectivity index (χ4v) is 4.13. The Balaban J connectivity index is 1.78. The number of carbonyl (C=O) groups is 1. The first-order valence-electron chi connectivity index (χ1n) is 8.34. The normalized spacial score (nSPS) is 19.0. The van der Waals surface area contributed by atoms with E-state index in [9.17, 15) is 4.79 Å². The number of thioether (sulfide) groups is 1. The summed E-state index contributed by atoms with van der Waals surface area (Å²) in [6.45, 7) is 3.93. The molecule has 2 aliphatic rings. The van der Waals surface area contributed by atoms with Crippen LogP contribution in [0.4, 0.5) is 5.82 Å². The van der Waals surface area contributed by atoms with Crippen LogP contribution in [-0.2, 0) is 4.79 Å². The van der Waals surface area contributed by atoms with Gasteiger partial charge in [-0.2, -0.15) is 0 Å². The lowest BCUT2D eigenvalue weighted by atomic mass is 9.93. The van der Waals surface area contributed by atoms with Gasteiger partial charge >= 0.3 is 0 Å². The molecule has 4 rings (SSSR count). The Morgan fingerprint density at radius 3 is 2.62 bits per heavy atom. The van der Waals surface area contributed by atoms with Crippen LogP contribution in [0.2, 0.25) is 0 Å². The smallest absolute Gasteiger partial charge is 0.257 e. The Morgan fingerprint density at radius 1 is 1.12 bits per heavy atom. The molecule has 1 atom stereocenters. The maximum absolute atomic E-state index is 13.1. The minimum atomic E-state index is -0.210. The van der Waals surface area contributed by atoms with Crippen LogP contribution in [-0.4, -0.2) is 21.0 Å². The summed E-state index contributed by atoms with van der Waals surface area (Å²) < 4.78 is 0. The van der Waals surface area contributed by atoms with Crippen molar-refractivity contribution in [2.75, 3.05) is 5.32 Å². The van der Waals surface area contributed by atoms with E-state index in [2.05, 4.69) is 25.6 Å². The summed E-state index contributed by atoms with van der Waals surface area (Å²) in [5.74, 6) is 0.352. The number of rotatable bonds is 3. The highest BCUT2D eigenvalue weighted by Crippen LogP contribution is 2.43. The third kappa shape index (κ3) is 2.93. The molecule has 0 bridgehead atoms. The van der Waals surface area contributed by atoms with Crippen molar-refractivity contribution in [3.05, 3.63) is 82.7 Å². The first-order chi connectivity index (χ1) is 12.6. The molecule has 1 aromatic heterocycles. The van der Waals surface area contributed by atoms with Gasteiger partial charge in [0, 0.05) is 11.9 Å². The number of anilines is 1. The standard InChI is InChI=1S/C20H18N4OS/c1-13-12-26-20-22-14(2)17(19(25)23-16-10-6-7-11-21-16)18(24(13)20)15-8-4-3-5-9-15/h3-12,18H,1-2H3,(H,21,23,25). The van der Waals surface area contributed by atoms with E-state index in [1.54, 1.807) is 24.0 Å². The number of nitrogens with one attached hydrogen (secondary N) is 1. The third-order valence-corrected chi connectivity index (χ3v) is 5.33. The number of benzene rings is 1. The molecule has 2 aliphatic heterocycles. The van der Waals surface area contributed by atoms with Crippen molar-refractivity contribution in [1.82, 2.24) is 9.88 Å². The fraction of sp³-hybridized carbons (Fsp3) is 0.150. The summed E-state index contributed by atoms with van der Waals surface area (Å²) in [6, 6.07) is 15.3. The molecule has 1 aromatic carbocycles. The summed E-state index contributed by atoms with van der Waals surface area (Å²) in [7, 11) is 0. The minimum absolute atomic E-state index is 0.178. The molecule has 5 nitrogen and oxygen atoms in total. The molecule has 0 fully saturated rings. The highest BCUT2D eigenvalue weighted by molar-refractivity contribution is 8.16. The SMILES string of the molecule is CC1=CSC2=NC(C)=C(C(=O)Nc3ccccn3)C(c3ccccc3)N12. The van der Waals surface area contributed by atoms with Crippen molar-refractivity contribution in [1.29, 1.82) is 0 Å². The van der Waals surface area contributed by atoms with Gasteiger partial charge in [-0.25, -0.2) is 9.98 Å². The fourth-order valence-electron chi connectivity index (χ4n) is 3.19. The van der Waals surface area contributed by atoms with Gasteiger partial charge in [0.05, 0.1) is 17.3 Å². The molecular formula is C20H18N4OS. The predicted octanol–water partition coefficient (Wildman–Crippen LogP) is 4.32. The van der Waals surface area contributed by atoms with Crippen molar-refractivity contribution in [3.63, 3.8) is 0 Å². The Kier molecular flexibility index (Phi) is 4.34. The van der Waals surface area contributed by atoms with Crippen LogP contribution >= 0.6 is 11.8 Å². The number of nitrogens with zero attached hydrogens (tertiary/aromatic N) is 3. The average molecular weight is 362 g/mol. The van der Waals surface area contributed by atoms with Gasteiger partial charge in [0.2, 0.25) is 0 Å². The molecule has 26 heavy (non-hydrogen) atoms. The van der Waals surface area contributed by atoms with Gasteiger partial charge in [-0.15, -0.1) is 0 Å². The molecule has 1 N–H and O–H groups in total. The lowest BCUT2D eigenvalue weighted by molar-refractivity contribution is -0.113. The Morgan fingerprint density at radius 2 is 1.88 bits per heavy atom. The summed E-state index contributed by atoms with van der Waals surface area (Å²) in [5.41, 5.74) is 3.51. The number of hydrogen-bond acceptors (Lipinski definition) is 5. The highest BCUT2D eigenvalue weighted by Gasteiger charge is 2.38. The van der Waals surface area contributed by atoms with Crippen LogP contribution in [0.1, 0.15) is 25.5 Å². The molecule has 130 valence electrons. The van der Waals surface area contributed by atoms with Crippen molar-refractivity contribution >= 4 is 28.7 Å². The number of amides is 1. The van der Waals surface area contributed by atoms with E-state index in [0.717, 1.165) is 22.1 Å². The Hall–Kier alpha value is -2.86. The number of aromatic nitrogens is 1. The summed E-state index contributed by atoms with van der Waals surface area (Å²) in [6.07, 6.45) is 1.66. The van der Waals surface area contributed by atoms with Gasteiger partial charge < -0.3 is 10.2 Å². The van der Waals surface area contributed by atoms with E-state index in [1.165, 1.54) is 0 Å². The van der Waals surface area contributed by atoms with Crippen LogP contribution in [0.5, 0.6) is 0 Å². The van der Waals surface area contributed by atoms with Crippen LogP contribution in [0.3, 0.4) is 0 Å². The van der Waals surface area contributed by atoms with Crippen LogP contribution in [0.25, 0.3) is 0 Å². The molecular weight excluding hydrogens is 344 g/mol. The second-order valence-electron chi connectivity index (χ2n) is 6.12. The molecule has 1 unspecified atom stereocenters. The first kappa shape index (κ1) is 16.6. The summed E-state index contributed by atoms with van der Waals surface area (Å²) in [5, 5.41) is 5.88. The second-order valence-corrected chi connectivity index (χ2v) is 6.96. The van der Waals surface area contributed by atoms with E-state index < -0.39 is 0 Å². The average Bonchev–Trinajstić information content (AvgIpc) is 3.02. The molecule has 0 aliphatic carbocycles. The zero-order valence-electron chi connectivity index (χ0n) is 14.5.